The first-order valence-electron chi connectivity index (χ1n) is 41.7. The van der Waals surface area contributed by atoms with Crippen molar-refractivity contribution in [2.45, 2.75) is 298 Å². The van der Waals surface area contributed by atoms with Crippen LogP contribution in [0.1, 0.15) is 318 Å². The zero-order chi connectivity index (χ0) is 78.2. The molecule has 4 aromatic rings. The molecule has 11 rings (SSSR count). The molecule has 0 saturated carbocycles. The molecular weight excluding hydrogens is 1480 g/mol. The van der Waals surface area contributed by atoms with Crippen molar-refractivity contribution in [2.24, 2.45) is 0 Å². The van der Waals surface area contributed by atoms with E-state index in [2.05, 4.69) is 132 Å². The number of carbonyl (C=O) groups excluding carboxylic acids is 4. The van der Waals surface area contributed by atoms with Crippen LogP contribution in [0.25, 0.3) is 0 Å². The SMILES string of the molecule is C1CCOC1.C1CCOC1.C1CCOC1.CC(C)c1cccc(C(C)C)c1NC(=O)[C@@H]1CCCC[N@@+]1([O-])CC[N@+]1([O-])CCCC[C@H]1C(=O)Nc1c(C(C)C)cccc1C(C)C.CC(C)c1cccc(C(C)C)c1NC(=O)[C@@H]1CCCC[N@@+]1([O-])CC[N@+]1([O-])CCCC[C@H]1C(=O)Nc1c(C(C)C)cccc1C(C)C.[Ni].[Ni].[OH3+]. The Bertz CT molecular complexity index is 2890. The third kappa shape index (κ3) is 26.9. The molecular formula is C88H143N8Ni2O12+. The molecule has 22 heteroatoms. The Morgan fingerprint density at radius 2 is 0.455 bits per heavy atom. The molecule has 7 saturated heterocycles. The number of benzene rings is 4. The van der Waals surface area contributed by atoms with Gasteiger partial charge in [0.1, 0.15) is 26.2 Å². The minimum absolute atomic E-state index is 0. The summed E-state index contributed by atoms with van der Waals surface area (Å²) in [5.74, 6) is 0.639. The number of hydroxylamine groups is 12. The fourth-order valence-electron chi connectivity index (χ4n) is 16.7. The van der Waals surface area contributed by atoms with Gasteiger partial charge in [0.05, 0.1) is 26.2 Å². The zero-order valence-electron chi connectivity index (χ0n) is 70.0. The summed E-state index contributed by atoms with van der Waals surface area (Å²) in [6.45, 7) is 41.0. The van der Waals surface area contributed by atoms with Crippen molar-refractivity contribution in [1.82, 2.24) is 0 Å². The van der Waals surface area contributed by atoms with Gasteiger partial charge in [-0.1, -0.05) is 184 Å². The molecule has 0 radical (unpaired) electrons. The predicted molar refractivity (Wildman–Crippen MR) is 442 cm³/mol. The van der Waals surface area contributed by atoms with Crippen LogP contribution in [0.15, 0.2) is 72.8 Å². The number of amides is 4. The largest absolute Gasteiger partial charge is 0.632 e. The van der Waals surface area contributed by atoms with Crippen LogP contribution in [0.3, 0.4) is 0 Å². The van der Waals surface area contributed by atoms with Crippen molar-refractivity contribution in [2.75, 3.05) is 113 Å². The Labute approximate surface area is 682 Å². The van der Waals surface area contributed by atoms with Gasteiger partial charge in [0.25, 0.3) is 23.6 Å². The number of hydrogen-bond donors (Lipinski definition) is 4. The van der Waals surface area contributed by atoms with Gasteiger partial charge in [-0.3, -0.25) is 19.2 Å². The molecule has 0 aliphatic carbocycles. The molecule has 110 heavy (non-hydrogen) atoms. The molecule has 7 aliphatic heterocycles. The molecule has 7 heterocycles. The molecule has 4 amide bonds. The van der Waals surface area contributed by atoms with Gasteiger partial charge in [-0.15, -0.1) is 0 Å². The van der Waals surface area contributed by atoms with Gasteiger partial charge in [-0.2, -0.15) is 0 Å². The van der Waals surface area contributed by atoms with Gasteiger partial charge in [0.15, 0.2) is 24.2 Å². The summed E-state index contributed by atoms with van der Waals surface area (Å²) in [5, 5.41) is 70.9. The number of anilines is 4. The van der Waals surface area contributed by atoms with Crippen molar-refractivity contribution in [3.63, 3.8) is 0 Å². The molecule has 626 valence electrons. The Balaban J connectivity index is 0.000000378. The quantitative estimate of drug-likeness (QED) is 0.0249. The Hall–Kier alpha value is -4.73. The van der Waals surface area contributed by atoms with E-state index in [0.29, 0.717) is 51.9 Å². The van der Waals surface area contributed by atoms with Crippen molar-refractivity contribution >= 4 is 46.4 Å². The maximum absolute atomic E-state index is 14.5. The number of likely N-dealkylation sites (tertiary alicyclic amines) is 4. The van der Waals surface area contributed by atoms with Crippen LogP contribution in [0.4, 0.5) is 22.7 Å². The molecule has 7 N–H and O–H groups in total. The Morgan fingerprint density at radius 3 is 0.582 bits per heavy atom. The maximum atomic E-state index is 14.5. The van der Waals surface area contributed by atoms with E-state index in [9.17, 15) is 40.0 Å². The summed E-state index contributed by atoms with van der Waals surface area (Å²) in [6.07, 6.45) is 15.7. The van der Waals surface area contributed by atoms with E-state index in [1.54, 1.807) is 0 Å². The number of ether oxygens (including phenoxy) is 3. The van der Waals surface area contributed by atoms with E-state index in [0.717, 1.165) is 158 Å². The summed E-state index contributed by atoms with van der Waals surface area (Å²) < 4.78 is 12.0. The average Bonchev–Trinajstić information content (AvgIpc) is 1.12. The number of quaternary nitrogens is 4. The summed E-state index contributed by atoms with van der Waals surface area (Å²) in [6, 6.07) is 21.3. The average molecular weight is 1620 g/mol. The van der Waals surface area contributed by atoms with E-state index in [1.165, 1.54) is 38.5 Å². The summed E-state index contributed by atoms with van der Waals surface area (Å²) in [4.78, 5) is 55.8. The Morgan fingerprint density at radius 1 is 0.300 bits per heavy atom. The number of nitrogens with one attached hydrogen (secondary N) is 4. The molecule has 20 nitrogen and oxygen atoms in total. The molecule has 0 unspecified atom stereocenters. The Kier molecular flexibility index (Phi) is 41.5. The van der Waals surface area contributed by atoms with Crippen molar-refractivity contribution < 1.29 is 90.4 Å². The van der Waals surface area contributed by atoms with Crippen molar-refractivity contribution in [3.8, 4) is 0 Å². The van der Waals surface area contributed by atoms with Crippen LogP contribution in [-0.2, 0) is 71.8 Å². The van der Waals surface area contributed by atoms with Gasteiger partial charge in [0, 0.05) is 121 Å². The fourth-order valence-corrected chi connectivity index (χ4v) is 16.7. The standard InChI is InChI=1S/2C38H58N4O4.3C4H8O.2Ni.H2O/c2*1-25(2)29-15-13-16-30(26(3)4)35(29)39-37(43)33-19-9-11-21-41(33,45)23-24-42(46)22-12-10-20-34(42)38(44)40-36-31(27(5)6)17-14-18-32(36)28(7)8;3*1-2-4-5-3-1;;;/h2*13-18,25-28,33-34H,9-12,19-24H2,1-8H3,(H,39,43)(H,40,44);3*1-4H2;;;1H2/p+1/t2*33-,34-,41+,42+;;;;;;/m00....../s1. The normalized spacial score (nSPS) is 24.5. The minimum atomic E-state index is -0.788. The van der Waals surface area contributed by atoms with E-state index < -0.39 is 42.8 Å². The van der Waals surface area contributed by atoms with Crippen molar-refractivity contribution in [3.05, 3.63) is 138 Å². The fraction of sp³-hybridized carbons (Fsp3) is 0.682. The van der Waals surface area contributed by atoms with Gasteiger partial charge >= 0.3 is 0 Å². The molecule has 0 aromatic heterocycles. The number of nitrogens with zero attached hydrogens (tertiary/aromatic N) is 4. The van der Waals surface area contributed by atoms with Gasteiger partial charge in [-0.25, -0.2) is 0 Å². The van der Waals surface area contributed by atoms with E-state index in [1.807, 2.05) is 72.8 Å². The molecule has 0 bridgehead atoms. The first kappa shape index (κ1) is 97.6. The van der Waals surface area contributed by atoms with Crippen molar-refractivity contribution in [1.29, 1.82) is 0 Å². The summed E-state index contributed by atoms with van der Waals surface area (Å²) in [7, 11) is 0. The van der Waals surface area contributed by atoms with Gasteiger partial charge < -0.3 is 80.4 Å². The molecule has 7 aliphatic rings. The zero-order valence-corrected chi connectivity index (χ0v) is 71.9. The van der Waals surface area contributed by atoms with Gasteiger partial charge in [0.2, 0.25) is 0 Å². The first-order valence-corrected chi connectivity index (χ1v) is 41.7. The number of rotatable bonds is 22. The second-order valence-corrected chi connectivity index (χ2v) is 34.0. The monoisotopic (exact) mass is 1620 g/mol. The molecule has 4 aromatic carbocycles. The van der Waals surface area contributed by atoms with E-state index >= 15 is 0 Å². The van der Waals surface area contributed by atoms with E-state index in [4.69, 9.17) is 14.2 Å². The number of hydrogen-bond acceptors (Lipinski definition) is 11. The third-order valence-corrected chi connectivity index (χ3v) is 23.2. The molecule has 7 fully saturated rings. The topological polar surface area (TPSA) is 269 Å². The first-order chi connectivity index (χ1) is 50.9. The second kappa shape index (κ2) is 46.7. The number of para-hydroxylation sites is 4. The second-order valence-electron chi connectivity index (χ2n) is 34.0. The summed E-state index contributed by atoms with van der Waals surface area (Å²) in [5.41, 5.74) is 11.8. The minimum Gasteiger partial charge on any atom is -0.632 e. The maximum Gasteiger partial charge on any atom is 0.283 e. The number of piperidine rings is 4. The van der Waals surface area contributed by atoms with Crippen LogP contribution < -0.4 is 21.3 Å². The van der Waals surface area contributed by atoms with Crippen LogP contribution in [0.5, 0.6) is 0 Å². The van der Waals surface area contributed by atoms with E-state index in [-0.39, 0.29) is 136 Å². The van der Waals surface area contributed by atoms with Crippen LogP contribution in [0, 0.1) is 20.8 Å². The predicted octanol–water partition coefficient (Wildman–Crippen LogP) is 18.4. The number of carbonyl (C=O) groups is 4. The molecule has 8 atom stereocenters. The van der Waals surface area contributed by atoms with Crippen LogP contribution in [0.2, 0.25) is 0 Å². The van der Waals surface area contributed by atoms with Crippen LogP contribution in [-0.4, -0.2) is 158 Å². The smallest absolute Gasteiger partial charge is 0.283 e. The van der Waals surface area contributed by atoms with Gasteiger partial charge in [-0.05, 0) is 182 Å². The third-order valence-electron chi connectivity index (χ3n) is 23.2. The van der Waals surface area contributed by atoms with Crippen LogP contribution >= 0.6 is 0 Å². The molecule has 0 spiro atoms. The summed E-state index contributed by atoms with van der Waals surface area (Å²) >= 11 is 0.